The molecule has 150 valence electrons. The number of benzene rings is 3. The highest BCUT2D eigenvalue weighted by atomic mass is 16.3. The second-order valence-electron chi connectivity index (χ2n) is 7.28. The van der Waals surface area contributed by atoms with Gasteiger partial charge in [0.1, 0.15) is 11.5 Å². The number of phenols is 2. The Kier molecular flexibility index (Phi) is 4.73. The zero-order valence-corrected chi connectivity index (χ0v) is 16.7. The van der Waals surface area contributed by atoms with Crippen molar-refractivity contribution in [3.8, 4) is 22.8 Å². The molecule has 1 aromatic heterocycles. The van der Waals surface area contributed by atoms with Crippen LogP contribution >= 0.6 is 0 Å². The van der Waals surface area contributed by atoms with E-state index in [-0.39, 0.29) is 11.5 Å². The van der Waals surface area contributed by atoms with E-state index in [9.17, 15) is 10.2 Å². The quantitative estimate of drug-likeness (QED) is 0.396. The highest BCUT2D eigenvalue weighted by Crippen LogP contribution is 2.34. The number of nitrogens with one attached hydrogen (secondary N) is 1. The summed E-state index contributed by atoms with van der Waals surface area (Å²) in [5, 5.41) is 20.5. The summed E-state index contributed by atoms with van der Waals surface area (Å²) in [6, 6.07) is 28.5. The molecule has 0 aliphatic carbocycles. The van der Waals surface area contributed by atoms with Crippen LogP contribution in [-0.2, 0) is 0 Å². The van der Waals surface area contributed by atoms with Crippen LogP contribution in [0, 0.1) is 0 Å². The maximum absolute atomic E-state index is 10.2. The molecule has 4 aromatic rings. The topological polar surface area (TPSA) is 68.6 Å². The maximum Gasteiger partial charge on any atom is 0.124 e. The summed E-state index contributed by atoms with van der Waals surface area (Å²) < 4.78 is 0. The summed E-state index contributed by atoms with van der Waals surface area (Å²) in [6.07, 6.45) is 3.88. The number of aromatic hydroxyl groups is 2. The fraction of sp³-hybridized carbons (Fsp3) is 0. The molecule has 4 heteroatoms. The van der Waals surface area contributed by atoms with E-state index in [1.54, 1.807) is 24.3 Å². The van der Waals surface area contributed by atoms with E-state index in [4.69, 9.17) is 4.99 Å². The van der Waals surface area contributed by atoms with Crippen LogP contribution in [0.5, 0.6) is 11.5 Å². The molecule has 5 rings (SSSR count). The standard InChI is InChI=1S/C27H20N2O2/c30-25-12-6-4-10-19(25)21-14-16-23(28-21)27(18-8-2-1-3-9-18)24-17-15-22(29-24)20-11-5-7-13-26(20)31/h1-17,28,30-31H/b27-24-. The van der Waals surface area contributed by atoms with Crippen molar-refractivity contribution < 1.29 is 10.2 Å². The molecule has 1 aliphatic heterocycles. The van der Waals surface area contributed by atoms with E-state index >= 15 is 0 Å². The van der Waals surface area contributed by atoms with Gasteiger partial charge >= 0.3 is 0 Å². The predicted molar refractivity (Wildman–Crippen MR) is 124 cm³/mol. The molecule has 31 heavy (non-hydrogen) atoms. The molecule has 0 unspecified atom stereocenters. The Morgan fingerprint density at radius 1 is 0.645 bits per heavy atom. The van der Waals surface area contributed by atoms with Crippen LogP contribution in [0.15, 0.2) is 114 Å². The molecular weight excluding hydrogens is 384 g/mol. The first-order valence-corrected chi connectivity index (χ1v) is 10.0. The van der Waals surface area contributed by atoms with Gasteiger partial charge in [-0.3, -0.25) is 0 Å². The average Bonchev–Trinajstić information content (AvgIpc) is 3.46. The summed E-state index contributed by atoms with van der Waals surface area (Å²) in [6.45, 7) is 0. The predicted octanol–water partition coefficient (Wildman–Crippen LogP) is 5.91. The van der Waals surface area contributed by atoms with Gasteiger partial charge in [-0.05, 0) is 54.1 Å². The summed E-state index contributed by atoms with van der Waals surface area (Å²) in [5.74, 6) is 0.431. The number of para-hydroxylation sites is 2. The van der Waals surface area contributed by atoms with Crippen LogP contribution < -0.4 is 0 Å². The zero-order valence-electron chi connectivity index (χ0n) is 16.7. The molecule has 1 aliphatic rings. The minimum Gasteiger partial charge on any atom is -0.507 e. The van der Waals surface area contributed by atoms with Gasteiger partial charge in [0.2, 0.25) is 0 Å². The van der Waals surface area contributed by atoms with Crippen molar-refractivity contribution in [1.29, 1.82) is 0 Å². The van der Waals surface area contributed by atoms with Gasteiger partial charge in [0.15, 0.2) is 0 Å². The normalized spacial score (nSPS) is 14.5. The largest absolute Gasteiger partial charge is 0.507 e. The molecule has 0 atom stereocenters. The number of nitrogens with zero attached hydrogens (tertiary/aromatic N) is 1. The molecule has 0 radical (unpaired) electrons. The van der Waals surface area contributed by atoms with Crippen LogP contribution in [0.4, 0.5) is 0 Å². The Hall–Kier alpha value is -4.31. The van der Waals surface area contributed by atoms with Crippen molar-refractivity contribution in [3.63, 3.8) is 0 Å². The Bertz CT molecular complexity index is 1340. The molecule has 0 fully saturated rings. The number of aromatic nitrogens is 1. The number of phenolic OH excluding ortho intramolecular Hbond substituents is 2. The Labute approximate surface area is 180 Å². The van der Waals surface area contributed by atoms with Crippen LogP contribution in [0.3, 0.4) is 0 Å². The molecule has 3 N–H and O–H groups in total. The highest BCUT2D eigenvalue weighted by molar-refractivity contribution is 6.13. The monoisotopic (exact) mass is 404 g/mol. The fourth-order valence-electron chi connectivity index (χ4n) is 3.79. The Morgan fingerprint density at radius 3 is 2.00 bits per heavy atom. The van der Waals surface area contributed by atoms with E-state index in [1.807, 2.05) is 78.9 Å². The van der Waals surface area contributed by atoms with Crippen molar-refractivity contribution >= 4 is 11.3 Å². The summed E-state index contributed by atoms with van der Waals surface area (Å²) in [7, 11) is 0. The number of hydrogen-bond donors (Lipinski definition) is 3. The molecular formula is C27H20N2O2. The third kappa shape index (κ3) is 3.55. The van der Waals surface area contributed by atoms with E-state index in [1.165, 1.54) is 0 Å². The van der Waals surface area contributed by atoms with Gasteiger partial charge in [-0.15, -0.1) is 0 Å². The van der Waals surface area contributed by atoms with Gasteiger partial charge < -0.3 is 15.2 Å². The van der Waals surface area contributed by atoms with Crippen molar-refractivity contribution in [2.45, 2.75) is 0 Å². The third-order valence-electron chi connectivity index (χ3n) is 5.29. The lowest BCUT2D eigenvalue weighted by Gasteiger charge is -2.09. The van der Waals surface area contributed by atoms with E-state index in [2.05, 4.69) is 4.98 Å². The van der Waals surface area contributed by atoms with Crippen LogP contribution in [0.25, 0.3) is 16.8 Å². The molecule has 0 bridgehead atoms. The number of allylic oxidation sites excluding steroid dienone is 2. The Morgan fingerprint density at radius 2 is 1.29 bits per heavy atom. The first-order chi connectivity index (χ1) is 15.2. The molecule has 0 spiro atoms. The molecule has 2 heterocycles. The molecule has 0 saturated heterocycles. The van der Waals surface area contributed by atoms with Gasteiger partial charge in [-0.1, -0.05) is 54.6 Å². The number of aliphatic imine (C=N–C) groups is 1. The Balaban J connectivity index is 1.65. The molecule has 0 amide bonds. The van der Waals surface area contributed by atoms with Crippen molar-refractivity contribution in [1.82, 2.24) is 4.98 Å². The molecule has 0 saturated carbocycles. The van der Waals surface area contributed by atoms with Crippen molar-refractivity contribution in [2.75, 3.05) is 0 Å². The lowest BCUT2D eigenvalue weighted by molar-refractivity contribution is 0.474. The van der Waals surface area contributed by atoms with Crippen LogP contribution in [0.2, 0.25) is 0 Å². The lowest BCUT2D eigenvalue weighted by atomic mass is 10.0. The second-order valence-corrected chi connectivity index (χ2v) is 7.28. The lowest BCUT2D eigenvalue weighted by Crippen LogP contribution is -1.95. The number of H-pyrrole nitrogens is 1. The van der Waals surface area contributed by atoms with Crippen molar-refractivity contribution in [2.24, 2.45) is 4.99 Å². The van der Waals surface area contributed by atoms with Gasteiger partial charge in [-0.25, -0.2) is 4.99 Å². The van der Waals surface area contributed by atoms with Gasteiger partial charge in [0, 0.05) is 28.1 Å². The second kappa shape index (κ2) is 7.84. The van der Waals surface area contributed by atoms with E-state index in [0.29, 0.717) is 11.3 Å². The first kappa shape index (κ1) is 18.7. The maximum atomic E-state index is 10.2. The molecule has 4 nitrogen and oxygen atoms in total. The first-order valence-electron chi connectivity index (χ1n) is 10.0. The van der Waals surface area contributed by atoms with Crippen LogP contribution in [-0.4, -0.2) is 20.9 Å². The molecule has 3 aromatic carbocycles. The number of rotatable bonds is 4. The van der Waals surface area contributed by atoms with Gasteiger partial charge in [0.25, 0.3) is 0 Å². The van der Waals surface area contributed by atoms with E-state index < -0.39 is 0 Å². The van der Waals surface area contributed by atoms with Crippen molar-refractivity contribution in [3.05, 3.63) is 126 Å². The third-order valence-corrected chi connectivity index (χ3v) is 5.29. The summed E-state index contributed by atoms with van der Waals surface area (Å²) >= 11 is 0. The van der Waals surface area contributed by atoms with Crippen LogP contribution in [0.1, 0.15) is 16.8 Å². The highest BCUT2D eigenvalue weighted by Gasteiger charge is 2.18. The zero-order chi connectivity index (χ0) is 21.2. The average molecular weight is 404 g/mol. The number of aromatic amines is 1. The minimum absolute atomic E-state index is 0.204. The fourth-order valence-corrected chi connectivity index (χ4v) is 3.79. The van der Waals surface area contributed by atoms with E-state index in [0.717, 1.165) is 33.8 Å². The smallest absolute Gasteiger partial charge is 0.124 e. The summed E-state index contributed by atoms with van der Waals surface area (Å²) in [4.78, 5) is 8.27. The van der Waals surface area contributed by atoms with Gasteiger partial charge in [-0.2, -0.15) is 0 Å². The van der Waals surface area contributed by atoms with Gasteiger partial charge in [0.05, 0.1) is 11.4 Å². The number of hydrogen-bond acceptors (Lipinski definition) is 3. The SMILES string of the molecule is Oc1ccccc1C1=N/C(=C(/c2ccccc2)c2ccc(-c3ccccc3O)[nH]2)C=C1. The summed E-state index contributed by atoms with van der Waals surface area (Å²) in [5.41, 5.74) is 6.65. The minimum atomic E-state index is 0.204.